The first kappa shape index (κ1) is 24.7. The highest BCUT2D eigenvalue weighted by Gasteiger charge is 2.20. The minimum absolute atomic E-state index is 0.311. The topological polar surface area (TPSA) is 103 Å². The molecule has 0 fully saturated rings. The first-order chi connectivity index (χ1) is 15.3. The average molecular weight is 443 g/mol. The molecule has 0 spiro atoms. The van der Waals surface area contributed by atoms with Crippen LogP contribution in [0.5, 0.6) is 11.5 Å². The quantitative estimate of drug-likeness (QED) is 0.547. The number of amides is 2. The molecule has 0 bridgehead atoms. The smallest absolute Gasteiger partial charge is 0.326 e. The van der Waals surface area contributed by atoms with Crippen molar-refractivity contribution in [2.45, 2.75) is 40.7 Å². The zero-order valence-corrected chi connectivity index (χ0v) is 19.1. The highest BCUT2D eigenvalue weighted by Crippen LogP contribution is 2.28. The number of hydrogen-bond acceptors (Lipinski definition) is 6. The molecule has 2 aromatic rings. The Labute approximate surface area is 188 Å². The van der Waals surface area contributed by atoms with Gasteiger partial charge in [-0.15, -0.1) is 0 Å². The van der Waals surface area contributed by atoms with Gasteiger partial charge in [-0.05, 0) is 63.9 Å². The minimum atomic E-state index is -1.02. The third-order valence-corrected chi connectivity index (χ3v) is 4.61. The van der Waals surface area contributed by atoms with E-state index in [1.807, 2.05) is 45.9 Å². The van der Waals surface area contributed by atoms with Crippen LogP contribution in [-0.4, -0.2) is 43.6 Å². The monoisotopic (exact) mass is 442 g/mol. The van der Waals surface area contributed by atoms with Gasteiger partial charge in [0.15, 0.2) is 17.6 Å². The molecule has 0 unspecified atom stereocenters. The van der Waals surface area contributed by atoms with E-state index in [1.165, 1.54) is 6.92 Å². The molecule has 0 aromatic heterocycles. The second-order valence-corrected chi connectivity index (χ2v) is 7.10. The molecule has 32 heavy (non-hydrogen) atoms. The summed E-state index contributed by atoms with van der Waals surface area (Å²) < 4.78 is 16.1. The summed E-state index contributed by atoms with van der Waals surface area (Å²) in [5.74, 6) is -0.664. The number of carbonyl (C=O) groups excluding carboxylic acids is 3. The van der Waals surface area contributed by atoms with Gasteiger partial charge in [0.25, 0.3) is 11.8 Å². The van der Waals surface area contributed by atoms with Gasteiger partial charge in [-0.25, -0.2) is 0 Å². The maximum absolute atomic E-state index is 12.4. The number of nitrogens with one attached hydrogen (secondary N) is 2. The lowest BCUT2D eigenvalue weighted by molar-refractivity contribution is -0.152. The first-order valence-electron chi connectivity index (χ1n) is 10.5. The molecular formula is C24H30N2O6. The van der Waals surface area contributed by atoms with Crippen molar-refractivity contribution in [2.75, 3.05) is 25.1 Å². The van der Waals surface area contributed by atoms with Crippen molar-refractivity contribution < 1.29 is 28.6 Å². The molecule has 8 nitrogen and oxygen atoms in total. The van der Waals surface area contributed by atoms with E-state index in [0.29, 0.717) is 36.0 Å². The number of anilines is 1. The summed E-state index contributed by atoms with van der Waals surface area (Å²) in [5.41, 5.74) is 2.82. The molecular weight excluding hydrogens is 412 g/mol. The standard InChI is InChI=1S/C24H30N2O6/c1-6-30-19-12-11-18(13-20(19)31-7-2)24(29)25-14-21(27)32-17(5)23(28)26-22-15(3)9-8-10-16(22)4/h8-13,17H,6-7,14H2,1-5H3,(H,25,29)(H,26,28)/t17-/m1/s1. The van der Waals surface area contributed by atoms with Gasteiger partial charge in [0.2, 0.25) is 0 Å². The molecule has 2 aromatic carbocycles. The SMILES string of the molecule is CCOc1ccc(C(=O)NCC(=O)O[C@H](C)C(=O)Nc2c(C)cccc2C)cc1OCC. The van der Waals surface area contributed by atoms with Crippen LogP contribution in [0.4, 0.5) is 5.69 Å². The fourth-order valence-electron chi connectivity index (χ4n) is 2.98. The maximum Gasteiger partial charge on any atom is 0.326 e. The molecule has 2 amide bonds. The van der Waals surface area contributed by atoms with Gasteiger partial charge in [-0.3, -0.25) is 14.4 Å². The molecule has 8 heteroatoms. The summed E-state index contributed by atoms with van der Waals surface area (Å²) in [4.78, 5) is 36.9. The van der Waals surface area contributed by atoms with Crippen molar-refractivity contribution in [1.29, 1.82) is 0 Å². The molecule has 172 valence electrons. The predicted molar refractivity (Wildman–Crippen MR) is 121 cm³/mol. The van der Waals surface area contributed by atoms with E-state index in [2.05, 4.69) is 10.6 Å². The van der Waals surface area contributed by atoms with Crippen molar-refractivity contribution in [3.8, 4) is 11.5 Å². The summed E-state index contributed by atoms with van der Waals surface area (Å²) in [5, 5.41) is 5.27. The third kappa shape index (κ3) is 6.73. The molecule has 0 saturated heterocycles. The molecule has 0 aliphatic heterocycles. The summed E-state index contributed by atoms with van der Waals surface area (Å²) >= 11 is 0. The Hall–Kier alpha value is -3.55. The van der Waals surface area contributed by atoms with Crippen LogP contribution >= 0.6 is 0 Å². The molecule has 0 radical (unpaired) electrons. The van der Waals surface area contributed by atoms with E-state index >= 15 is 0 Å². The van der Waals surface area contributed by atoms with Crippen LogP contribution in [-0.2, 0) is 14.3 Å². The lowest BCUT2D eigenvalue weighted by Crippen LogP contribution is -2.36. The van der Waals surface area contributed by atoms with Gasteiger partial charge in [-0.1, -0.05) is 18.2 Å². The molecule has 1 atom stereocenters. The number of hydrogen-bond donors (Lipinski definition) is 2. The van der Waals surface area contributed by atoms with E-state index in [1.54, 1.807) is 18.2 Å². The fourth-order valence-corrected chi connectivity index (χ4v) is 2.98. The molecule has 2 N–H and O–H groups in total. The highest BCUT2D eigenvalue weighted by molar-refractivity contribution is 5.98. The van der Waals surface area contributed by atoms with Gasteiger partial charge >= 0.3 is 5.97 Å². The number of ether oxygens (including phenoxy) is 3. The largest absolute Gasteiger partial charge is 0.490 e. The van der Waals surface area contributed by atoms with Crippen LogP contribution in [0.1, 0.15) is 42.3 Å². The maximum atomic E-state index is 12.4. The summed E-state index contributed by atoms with van der Waals surface area (Å²) in [7, 11) is 0. The van der Waals surface area contributed by atoms with Gasteiger partial charge in [0.05, 0.1) is 13.2 Å². The van der Waals surface area contributed by atoms with E-state index in [4.69, 9.17) is 14.2 Å². The van der Waals surface area contributed by atoms with Crippen molar-refractivity contribution >= 4 is 23.5 Å². The Kier molecular flexibility index (Phi) is 9.07. The van der Waals surface area contributed by atoms with Crippen LogP contribution in [0, 0.1) is 13.8 Å². The van der Waals surface area contributed by atoms with Crippen molar-refractivity contribution in [3.05, 3.63) is 53.1 Å². The fraction of sp³-hybridized carbons (Fsp3) is 0.375. The summed E-state index contributed by atoms with van der Waals surface area (Å²) in [6.45, 7) is 9.42. The Balaban J connectivity index is 1.91. The number of para-hydroxylation sites is 1. The Bertz CT molecular complexity index is 953. The Morgan fingerprint density at radius 1 is 0.938 bits per heavy atom. The second kappa shape index (κ2) is 11.7. The van der Waals surface area contributed by atoms with Gasteiger partial charge in [0, 0.05) is 11.3 Å². The number of esters is 1. The Morgan fingerprint density at radius 2 is 1.56 bits per heavy atom. The molecule has 0 saturated carbocycles. The van der Waals surface area contributed by atoms with Crippen molar-refractivity contribution in [2.24, 2.45) is 0 Å². The van der Waals surface area contributed by atoms with Crippen molar-refractivity contribution in [3.63, 3.8) is 0 Å². The lowest BCUT2D eigenvalue weighted by Gasteiger charge is -2.16. The van der Waals surface area contributed by atoms with Crippen LogP contribution < -0.4 is 20.1 Å². The number of benzene rings is 2. The molecule has 0 aliphatic rings. The van der Waals surface area contributed by atoms with Gasteiger partial charge in [0.1, 0.15) is 6.54 Å². The Morgan fingerprint density at radius 3 is 2.19 bits per heavy atom. The van der Waals surface area contributed by atoms with Crippen LogP contribution in [0.15, 0.2) is 36.4 Å². The van der Waals surface area contributed by atoms with Crippen LogP contribution in [0.25, 0.3) is 0 Å². The minimum Gasteiger partial charge on any atom is -0.490 e. The number of rotatable bonds is 10. The summed E-state index contributed by atoms with van der Waals surface area (Å²) in [6.07, 6.45) is -1.02. The summed E-state index contributed by atoms with van der Waals surface area (Å²) in [6, 6.07) is 10.4. The van der Waals surface area contributed by atoms with Crippen molar-refractivity contribution in [1.82, 2.24) is 5.32 Å². The lowest BCUT2D eigenvalue weighted by atomic mass is 10.1. The van der Waals surface area contributed by atoms with Crippen LogP contribution in [0.3, 0.4) is 0 Å². The molecule has 2 rings (SSSR count). The third-order valence-electron chi connectivity index (χ3n) is 4.61. The van der Waals surface area contributed by atoms with E-state index in [-0.39, 0.29) is 6.54 Å². The highest BCUT2D eigenvalue weighted by atomic mass is 16.5. The van der Waals surface area contributed by atoms with Gasteiger partial charge < -0.3 is 24.8 Å². The average Bonchev–Trinajstić information content (AvgIpc) is 2.76. The van der Waals surface area contributed by atoms with Gasteiger partial charge in [-0.2, -0.15) is 0 Å². The van der Waals surface area contributed by atoms with E-state index < -0.39 is 23.9 Å². The second-order valence-electron chi connectivity index (χ2n) is 7.10. The zero-order valence-electron chi connectivity index (χ0n) is 19.1. The number of aryl methyl sites for hydroxylation is 2. The van der Waals surface area contributed by atoms with E-state index in [0.717, 1.165) is 11.1 Å². The zero-order chi connectivity index (χ0) is 23.7. The van der Waals surface area contributed by atoms with E-state index in [9.17, 15) is 14.4 Å². The first-order valence-corrected chi connectivity index (χ1v) is 10.5. The molecule has 0 heterocycles. The number of carbonyl (C=O) groups is 3. The molecule has 0 aliphatic carbocycles. The normalized spacial score (nSPS) is 11.3. The predicted octanol–water partition coefficient (Wildman–Crippen LogP) is 3.40. The van der Waals surface area contributed by atoms with Crippen LogP contribution in [0.2, 0.25) is 0 Å².